The van der Waals surface area contributed by atoms with Crippen LogP contribution in [-0.2, 0) is 20.8 Å². The van der Waals surface area contributed by atoms with Crippen LogP contribution in [0.2, 0.25) is 0 Å². The Hall–Kier alpha value is -2.37. The van der Waals surface area contributed by atoms with E-state index in [1.165, 1.54) is 18.9 Å². The summed E-state index contributed by atoms with van der Waals surface area (Å²) in [7, 11) is 1.48. The average molecular weight is 278 g/mol. The number of hydrogen-bond donors (Lipinski definition) is 2. The van der Waals surface area contributed by atoms with Gasteiger partial charge in [0.2, 0.25) is 11.8 Å². The number of carbonyl (C=O) groups is 3. The Morgan fingerprint density at radius 1 is 1.25 bits per heavy atom. The summed E-state index contributed by atoms with van der Waals surface area (Å²) in [6, 6.07) is 8.03. The number of carboxylic acids is 1. The van der Waals surface area contributed by atoms with Crippen LogP contribution in [0.4, 0.5) is 0 Å². The maximum absolute atomic E-state index is 11.7. The Balaban J connectivity index is 2.62. The lowest BCUT2D eigenvalue weighted by Gasteiger charge is -2.18. The molecule has 1 rings (SSSR count). The van der Waals surface area contributed by atoms with Crippen molar-refractivity contribution in [1.29, 1.82) is 0 Å². The molecule has 0 aliphatic carbocycles. The third-order valence-corrected chi connectivity index (χ3v) is 2.83. The molecule has 6 heteroatoms. The van der Waals surface area contributed by atoms with E-state index >= 15 is 0 Å². The van der Waals surface area contributed by atoms with Gasteiger partial charge in [0.05, 0.1) is 6.54 Å². The second-order valence-corrected chi connectivity index (χ2v) is 4.52. The average Bonchev–Trinajstić information content (AvgIpc) is 2.38. The van der Waals surface area contributed by atoms with Gasteiger partial charge in [-0.2, -0.15) is 0 Å². The van der Waals surface area contributed by atoms with Crippen LogP contribution in [0.25, 0.3) is 0 Å². The second kappa shape index (κ2) is 7.28. The summed E-state index contributed by atoms with van der Waals surface area (Å²) in [5.41, 5.74) is 0.820. The first-order chi connectivity index (χ1) is 9.40. The number of aliphatic carboxylic acids is 1. The number of likely N-dealkylation sites (N-methyl/N-ethyl adjacent to an activating group) is 1. The van der Waals surface area contributed by atoms with Crippen molar-refractivity contribution in [3.05, 3.63) is 35.9 Å². The van der Waals surface area contributed by atoms with Crippen molar-refractivity contribution in [2.75, 3.05) is 13.6 Å². The number of rotatable bonds is 6. The van der Waals surface area contributed by atoms with Crippen LogP contribution in [0, 0.1) is 0 Å². The van der Waals surface area contributed by atoms with Gasteiger partial charge >= 0.3 is 5.97 Å². The molecule has 0 radical (unpaired) electrons. The molecule has 0 spiro atoms. The minimum absolute atomic E-state index is 0.159. The number of amides is 2. The van der Waals surface area contributed by atoms with E-state index in [1.807, 2.05) is 6.07 Å². The summed E-state index contributed by atoms with van der Waals surface area (Å²) in [4.78, 5) is 35.1. The summed E-state index contributed by atoms with van der Waals surface area (Å²) in [5.74, 6) is -1.85. The maximum Gasteiger partial charge on any atom is 0.326 e. The van der Waals surface area contributed by atoms with Crippen molar-refractivity contribution in [3.8, 4) is 0 Å². The van der Waals surface area contributed by atoms with E-state index in [0.29, 0.717) is 0 Å². The van der Waals surface area contributed by atoms with Gasteiger partial charge in [-0.05, 0) is 5.56 Å². The van der Waals surface area contributed by atoms with Crippen molar-refractivity contribution in [1.82, 2.24) is 10.2 Å². The molecule has 0 heterocycles. The Morgan fingerprint density at radius 3 is 2.35 bits per heavy atom. The first-order valence-corrected chi connectivity index (χ1v) is 6.18. The molecule has 0 aliphatic rings. The predicted octanol–water partition coefficient (Wildman–Crippen LogP) is 0.277. The van der Waals surface area contributed by atoms with Gasteiger partial charge < -0.3 is 15.3 Å². The summed E-state index contributed by atoms with van der Waals surface area (Å²) >= 11 is 0. The highest BCUT2D eigenvalue weighted by atomic mass is 16.4. The van der Waals surface area contributed by atoms with E-state index in [4.69, 9.17) is 5.11 Å². The van der Waals surface area contributed by atoms with Crippen LogP contribution >= 0.6 is 0 Å². The molecule has 1 unspecified atom stereocenters. The third-order valence-electron chi connectivity index (χ3n) is 2.83. The quantitative estimate of drug-likeness (QED) is 0.782. The van der Waals surface area contributed by atoms with Crippen molar-refractivity contribution in [2.24, 2.45) is 0 Å². The fourth-order valence-corrected chi connectivity index (χ4v) is 1.62. The van der Waals surface area contributed by atoms with Gasteiger partial charge in [-0.3, -0.25) is 9.59 Å². The number of carbonyl (C=O) groups excluding carboxylic acids is 2. The molecule has 1 atom stereocenters. The summed E-state index contributed by atoms with van der Waals surface area (Å²) in [5, 5.41) is 11.5. The van der Waals surface area contributed by atoms with E-state index in [9.17, 15) is 14.4 Å². The van der Waals surface area contributed by atoms with Gasteiger partial charge in [-0.15, -0.1) is 0 Å². The minimum atomic E-state index is -1.10. The van der Waals surface area contributed by atoms with Crippen molar-refractivity contribution in [3.63, 3.8) is 0 Å². The third kappa shape index (κ3) is 5.09. The molecule has 108 valence electrons. The van der Waals surface area contributed by atoms with E-state index in [-0.39, 0.29) is 18.9 Å². The Kier molecular flexibility index (Phi) is 5.71. The second-order valence-electron chi connectivity index (χ2n) is 4.52. The summed E-state index contributed by atoms with van der Waals surface area (Å²) < 4.78 is 0. The first-order valence-electron chi connectivity index (χ1n) is 6.18. The fourth-order valence-electron chi connectivity index (χ4n) is 1.62. The van der Waals surface area contributed by atoms with Gasteiger partial charge in [0, 0.05) is 20.4 Å². The molecule has 0 saturated heterocycles. The van der Waals surface area contributed by atoms with Crippen LogP contribution in [0.1, 0.15) is 12.5 Å². The number of nitrogens with one attached hydrogen (secondary N) is 1. The Morgan fingerprint density at radius 2 is 1.85 bits per heavy atom. The van der Waals surface area contributed by atoms with Crippen LogP contribution in [0.3, 0.4) is 0 Å². The maximum atomic E-state index is 11.7. The highest BCUT2D eigenvalue weighted by molar-refractivity contribution is 5.87. The SMILES string of the molecule is CC(=O)N(C)CC(=O)NC(Cc1ccccc1)C(=O)O. The van der Waals surface area contributed by atoms with Gasteiger partial charge in [-0.1, -0.05) is 30.3 Å². The largest absolute Gasteiger partial charge is 0.480 e. The Bertz CT molecular complexity index is 487. The van der Waals surface area contributed by atoms with Crippen molar-refractivity contribution >= 4 is 17.8 Å². The lowest BCUT2D eigenvalue weighted by molar-refractivity contribution is -0.142. The van der Waals surface area contributed by atoms with Gasteiger partial charge in [-0.25, -0.2) is 4.79 Å². The molecular weight excluding hydrogens is 260 g/mol. The van der Waals surface area contributed by atoms with Gasteiger partial charge in [0.1, 0.15) is 6.04 Å². The lowest BCUT2D eigenvalue weighted by atomic mass is 10.1. The van der Waals surface area contributed by atoms with E-state index in [0.717, 1.165) is 5.56 Å². The van der Waals surface area contributed by atoms with E-state index < -0.39 is 17.9 Å². The Labute approximate surface area is 117 Å². The molecule has 0 saturated carbocycles. The number of nitrogens with zero attached hydrogens (tertiary/aromatic N) is 1. The number of benzene rings is 1. The van der Waals surface area contributed by atoms with Crippen LogP contribution in [0.5, 0.6) is 0 Å². The lowest BCUT2D eigenvalue weighted by Crippen LogP contribution is -2.46. The molecule has 20 heavy (non-hydrogen) atoms. The molecule has 2 N–H and O–H groups in total. The zero-order chi connectivity index (χ0) is 15.1. The molecule has 1 aromatic carbocycles. The smallest absolute Gasteiger partial charge is 0.326 e. The first kappa shape index (κ1) is 15.7. The van der Waals surface area contributed by atoms with E-state index in [1.54, 1.807) is 24.3 Å². The molecule has 0 fully saturated rings. The van der Waals surface area contributed by atoms with Crippen molar-refractivity contribution < 1.29 is 19.5 Å². The molecule has 0 aliphatic heterocycles. The standard InChI is InChI=1S/C14H18N2O4/c1-10(17)16(2)9-13(18)15-12(14(19)20)8-11-6-4-3-5-7-11/h3-7,12H,8-9H2,1-2H3,(H,15,18)(H,19,20). The van der Waals surface area contributed by atoms with Gasteiger partial charge in [0.15, 0.2) is 0 Å². The fraction of sp³-hybridized carbons (Fsp3) is 0.357. The highest BCUT2D eigenvalue weighted by Gasteiger charge is 2.21. The van der Waals surface area contributed by atoms with Crippen LogP contribution in [-0.4, -0.2) is 47.4 Å². The van der Waals surface area contributed by atoms with Crippen LogP contribution < -0.4 is 5.32 Å². The summed E-state index contributed by atoms with van der Waals surface area (Å²) in [6.45, 7) is 1.18. The van der Waals surface area contributed by atoms with Gasteiger partial charge in [0.25, 0.3) is 0 Å². The zero-order valence-electron chi connectivity index (χ0n) is 11.5. The van der Waals surface area contributed by atoms with E-state index in [2.05, 4.69) is 5.32 Å². The number of carboxylic acid groups (broad SMARTS) is 1. The topological polar surface area (TPSA) is 86.7 Å². The normalized spacial score (nSPS) is 11.5. The molecule has 0 aromatic heterocycles. The molecule has 0 bridgehead atoms. The summed E-state index contributed by atoms with van der Waals surface area (Å²) in [6.07, 6.45) is 0.200. The molecule has 6 nitrogen and oxygen atoms in total. The molecule has 2 amide bonds. The molecule has 1 aromatic rings. The molecular formula is C14H18N2O4. The minimum Gasteiger partial charge on any atom is -0.480 e. The predicted molar refractivity (Wildman–Crippen MR) is 73.0 cm³/mol. The number of hydrogen-bond acceptors (Lipinski definition) is 3. The zero-order valence-corrected chi connectivity index (χ0v) is 11.5. The monoisotopic (exact) mass is 278 g/mol. The highest BCUT2D eigenvalue weighted by Crippen LogP contribution is 2.03. The van der Waals surface area contributed by atoms with Crippen LogP contribution in [0.15, 0.2) is 30.3 Å². The van der Waals surface area contributed by atoms with Crippen molar-refractivity contribution in [2.45, 2.75) is 19.4 Å².